The highest BCUT2D eigenvalue weighted by Gasteiger charge is 2.40. The van der Waals surface area contributed by atoms with Crippen molar-refractivity contribution in [3.8, 4) is 0 Å². The maximum absolute atomic E-state index is 5.87. The standard InChI is InChI=1S/C10H18BNO/c1-3-12-11-7-9-6-8(2)4-5-10(9)13-11/h3,8-10,12H,1,4-7H2,2H3. The summed E-state index contributed by atoms with van der Waals surface area (Å²) in [5.41, 5.74) is 0. The molecule has 1 aliphatic heterocycles. The molecule has 13 heavy (non-hydrogen) atoms. The molecule has 3 heteroatoms. The van der Waals surface area contributed by atoms with Gasteiger partial charge in [0.2, 0.25) is 0 Å². The van der Waals surface area contributed by atoms with Crippen LogP contribution in [0.4, 0.5) is 0 Å². The van der Waals surface area contributed by atoms with E-state index in [-0.39, 0.29) is 7.05 Å². The van der Waals surface area contributed by atoms with Crippen LogP contribution in [0, 0.1) is 11.8 Å². The van der Waals surface area contributed by atoms with E-state index in [0.717, 1.165) is 11.8 Å². The van der Waals surface area contributed by atoms with Gasteiger partial charge in [-0.1, -0.05) is 13.5 Å². The molecule has 0 spiro atoms. The molecule has 0 radical (unpaired) electrons. The van der Waals surface area contributed by atoms with E-state index >= 15 is 0 Å². The van der Waals surface area contributed by atoms with Crippen molar-refractivity contribution in [1.82, 2.24) is 5.23 Å². The zero-order valence-electron chi connectivity index (χ0n) is 8.33. The Morgan fingerprint density at radius 3 is 3.15 bits per heavy atom. The van der Waals surface area contributed by atoms with Crippen molar-refractivity contribution < 1.29 is 4.65 Å². The summed E-state index contributed by atoms with van der Waals surface area (Å²) in [5, 5.41) is 3.16. The number of hydrogen-bond donors (Lipinski definition) is 1. The molecule has 0 amide bonds. The molecule has 0 bridgehead atoms. The van der Waals surface area contributed by atoms with Crippen molar-refractivity contribution in [1.29, 1.82) is 0 Å². The summed E-state index contributed by atoms with van der Waals surface area (Å²) < 4.78 is 5.87. The van der Waals surface area contributed by atoms with Crippen LogP contribution < -0.4 is 5.23 Å². The van der Waals surface area contributed by atoms with Gasteiger partial charge in [-0.15, -0.1) is 0 Å². The van der Waals surface area contributed by atoms with E-state index in [1.54, 1.807) is 6.20 Å². The minimum Gasteiger partial charge on any atom is -0.414 e. The summed E-state index contributed by atoms with van der Waals surface area (Å²) in [6, 6.07) is 0. The third kappa shape index (κ3) is 1.91. The third-order valence-electron chi connectivity index (χ3n) is 3.33. The van der Waals surface area contributed by atoms with Gasteiger partial charge in [-0.25, -0.2) is 0 Å². The summed E-state index contributed by atoms with van der Waals surface area (Å²) in [6.07, 6.45) is 7.36. The predicted octanol–water partition coefficient (Wildman–Crippen LogP) is 2.04. The lowest BCUT2D eigenvalue weighted by molar-refractivity contribution is 0.114. The summed E-state index contributed by atoms with van der Waals surface area (Å²) in [6.45, 7) is 6.02. The number of rotatable bonds is 2. The maximum atomic E-state index is 5.87. The molecule has 2 fully saturated rings. The molecule has 72 valence electrons. The van der Waals surface area contributed by atoms with E-state index in [0.29, 0.717) is 6.10 Å². The van der Waals surface area contributed by atoms with Crippen molar-refractivity contribution in [2.45, 2.75) is 38.6 Å². The van der Waals surface area contributed by atoms with E-state index in [9.17, 15) is 0 Å². The minimum atomic E-state index is 0.234. The summed E-state index contributed by atoms with van der Waals surface area (Å²) in [5.74, 6) is 1.69. The van der Waals surface area contributed by atoms with E-state index in [4.69, 9.17) is 4.65 Å². The van der Waals surface area contributed by atoms with Crippen LogP contribution in [0.25, 0.3) is 0 Å². The van der Waals surface area contributed by atoms with Crippen molar-refractivity contribution in [3.05, 3.63) is 12.8 Å². The van der Waals surface area contributed by atoms with Gasteiger partial charge >= 0.3 is 7.05 Å². The third-order valence-corrected chi connectivity index (χ3v) is 3.33. The number of hydrogen-bond acceptors (Lipinski definition) is 2. The van der Waals surface area contributed by atoms with Gasteiger partial charge < -0.3 is 9.88 Å². The summed E-state index contributed by atoms with van der Waals surface area (Å²) in [4.78, 5) is 0. The summed E-state index contributed by atoms with van der Waals surface area (Å²) in [7, 11) is 0.234. The topological polar surface area (TPSA) is 21.3 Å². The molecule has 3 unspecified atom stereocenters. The first-order valence-corrected chi connectivity index (χ1v) is 5.32. The Bertz CT molecular complexity index is 197. The highest BCUT2D eigenvalue weighted by molar-refractivity contribution is 6.50. The van der Waals surface area contributed by atoms with Crippen LogP contribution in [0.5, 0.6) is 0 Å². The fourth-order valence-electron chi connectivity index (χ4n) is 2.68. The van der Waals surface area contributed by atoms with Crippen LogP contribution in [0.1, 0.15) is 26.2 Å². The first-order chi connectivity index (χ1) is 6.29. The van der Waals surface area contributed by atoms with E-state index in [2.05, 4.69) is 18.7 Å². The first-order valence-electron chi connectivity index (χ1n) is 5.32. The fraction of sp³-hybridized carbons (Fsp3) is 0.800. The Morgan fingerprint density at radius 1 is 1.54 bits per heavy atom. The number of nitrogens with one attached hydrogen (secondary N) is 1. The zero-order valence-corrected chi connectivity index (χ0v) is 8.33. The Balaban J connectivity index is 1.90. The highest BCUT2D eigenvalue weighted by Crippen LogP contribution is 2.38. The second-order valence-corrected chi connectivity index (χ2v) is 4.45. The zero-order chi connectivity index (χ0) is 9.26. The Hall–Kier alpha value is -0.435. The number of fused-ring (bicyclic) bond motifs is 1. The largest absolute Gasteiger partial charge is 0.414 e. The van der Waals surface area contributed by atoms with E-state index in [1.807, 2.05) is 0 Å². The molecule has 0 aromatic heterocycles. The molecular formula is C10H18BNO. The molecule has 1 saturated heterocycles. The Morgan fingerprint density at radius 2 is 2.38 bits per heavy atom. The van der Waals surface area contributed by atoms with Crippen LogP contribution in [-0.2, 0) is 4.65 Å². The second-order valence-electron chi connectivity index (χ2n) is 4.45. The summed E-state index contributed by atoms with van der Waals surface area (Å²) >= 11 is 0. The fourth-order valence-corrected chi connectivity index (χ4v) is 2.68. The van der Waals surface area contributed by atoms with Gasteiger partial charge in [0.05, 0.1) is 0 Å². The maximum Gasteiger partial charge on any atom is 0.413 e. The molecule has 1 heterocycles. The highest BCUT2D eigenvalue weighted by atomic mass is 16.5. The second kappa shape index (κ2) is 3.75. The van der Waals surface area contributed by atoms with Gasteiger partial charge in [0, 0.05) is 6.10 Å². The lowest BCUT2D eigenvalue weighted by Crippen LogP contribution is -2.29. The van der Waals surface area contributed by atoms with Gasteiger partial charge in [0.1, 0.15) is 0 Å². The van der Waals surface area contributed by atoms with Crippen LogP contribution >= 0.6 is 0 Å². The van der Waals surface area contributed by atoms with E-state index in [1.165, 1.54) is 25.6 Å². The molecule has 1 N–H and O–H groups in total. The smallest absolute Gasteiger partial charge is 0.413 e. The molecule has 0 aromatic rings. The van der Waals surface area contributed by atoms with Gasteiger partial charge in [-0.2, -0.15) is 0 Å². The van der Waals surface area contributed by atoms with Crippen LogP contribution in [0.2, 0.25) is 6.32 Å². The molecular weight excluding hydrogens is 161 g/mol. The average molecular weight is 179 g/mol. The van der Waals surface area contributed by atoms with Crippen molar-refractivity contribution in [2.24, 2.45) is 11.8 Å². The first kappa shape index (κ1) is 9.13. The lowest BCUT2D eigenvalue weighted by Gasteiger charge is -2.28. The van der Waals surface area contributed by atoms with Crippen LogP contribution in [0.15, 0.2) is 12.8 Å². The van der Waals surface area contributed by atoms with Crippen molar-refractivity contribution in [2.75, 3.05) is 0 Å². The quantitative estimate of drug-likeness (QED) is 0.655. The molecule has 1 aliphatic carbocycles. The molecule has 0 aromatic carbocycles. The lowest BCUT2D eigenvalue weighted by atomic mass is 9.71. The Labute approximate surface area is 80.9 Å². The SMILES string of the molecule is C=CNB1CC2CC(C)CCC2O1. The van der Waals surface area contributed by atoms with E-state index < -0.39 is 0 Å². The monoisotopic (exact) mass is 179 g/mol. The van der Waals surface area contributed by atoms with Crippen molar-refractivity contribution in [3.63, 3.8) is 0 Å². The molecule has 2 aliphatic rings. The minimum absolute atomic E-state index is 0.234. The Kier molecular flexibility index (Phi) is 2.63. The van der Waals surface area contributed by atoms with Gasteiger partial charge in [-0.05, 0) is 43.6 Å². The molecule has 1 saturated carbocycles. The molecule has 2 nitrogen and oxygen atoms in total. The van der Waals surface area contributed by atoms with Gasteiger partial charge in [-0.3, -0.25) is 0 Å². The van der Waals surface area contributed by atoms with Crippen LogP contribution in [-0.4, -0.2) is 13.2 Å². The van der Waals surface area contributed by atoms with Crippen LogP contribution in [0.3, 0.4) is 0 Å². The average Bonchev–Trinajstić information content (AvgIpc) is 2.46. The van der Waals surface area contributed by atoms with Gasteiger partial charge in [0.15, 0.2) is 0 Å². The molecule has 3 atom stereocenters. The predicted molar refractivity (Wildman–Crippen MR) is 55.3 cm³/mol. The van der Waals surface area contributed by atoms with Gasteiger partial charge in [0.25, 0.3) is 0 Å². The van der Waals surface area contributed by atoms with Crippen molar-refractivity contribution >= 4 is 7.05 Å². The molecule has 2 rings (SSSR count). The normalized spacial score (nSPS) is 38.5.